The van der Waals surface area contributed by atoms with E-state index < -0.39 is 29.4 Å². The van der Waals surface area contributed by atoms with Crippen LogP contribution in [0.3, 0.4) is 0 Å². The number of alkyl halides is 3. The number of carbonyl (C=O) groups excluding carboxylic acids is 3. The lowest BCUT2D eigenvalue weighted by Gasteiger charge is -2.04. The number of hydrogen-bond donors (Lipinski definition) is 0. The second-order valence-electron chi connectivity index (χ2n) is 2.92. The van der Waals surface area contributed by atoms with E-state index >= 15 is 0 Å². The van der Waals surface area contributed by atoms with Gasteiger partial charge in [0, 0.05) is 0 Å². The van der Waals surface area contributed by atoms with Gasteiger partial charge < -0.3 is 0 Å². The summed E-state index contributed by atoms with van der Waals surface area (Å²) in [6.45, 7) is 2.13. The largest absolute Gasteiger partial charge is 0.454 e. The number of carbonyl (C=O) groups is 3. The van der Waals surface area contributed by atoms with Crippen LogP contribution in [0, 0.1) is 5.92 Å². The summed E-state index contributed by atoms with van der Waals surface area (Å²) in [7, 11) is 0. The molecule has 3 nitrogen and oxygen atoms in total. The van der Waals surface area contributed by atoms with E-state index in [0.29, 0.717) is 6.08 Å². The van der Waals surface area contributed by atoms with E-state index in [9.17, 15) is 27.6 Å². The lowest BCUT2D eigenvalue weighted by atomic mass is 10.00. The van der Waals surface area contributed by atoms with Crippen molar-refractivity contribution < 1.29 is 27.6 Å². The number of allylic oxidation sites excluding steroid dienone is 2. The third kappa shape index (κ3) is 4.53. The van der Waals surface area contributed by atoms with E-state index in [4.69, 9.17) is 0 Å². The Labute approximate surface area is 84.0 Å². The molecule has 0 bridgehead atoms. The third-order valence-corrected chi connectivity index (χ3v) is 1.60. The first-order valence-electron chi connectivity index (χ1n) is 3.96. The van der Waals surface area contributed by atoms with E-state index in [0.717, 1.165) is 13.8 Å². The SMILES string of the molecule is CC(=O)C(/C=C/C(=O)C(F)(F)F)C(C)=O. The molecule has 0 aromatic rings. The Balaban J connectivity index is 4.70. The molecule has 0 aliphatic heterocycles. The molecule has 0 heterocycles. The van der Waals surface area contributed by atoms with Crippen LogP contribution in [-0.4, -0.2) is 23.5 Å². The molecule has 0 unspecified atom stereocenters. The van der Waals surface area contributed by atoms with Crippen LogP contribution in [0.15, 0.2) is 12.2 Å². The first kappa shape index (κ1) is 13.5. The molecule has 0 aliphatic rings. The summed E-state index contributed by atoms with van der Waals surface area (Å²) >= 11 is 0. The van der Waals surface area contributed by atoms with Crippen molar-refractivity contribution in [2.24, 2.45) is 5.92 Å². The van der Waals surface area contributed by atoms with Crippen molar-refractivity contribution in [2.45, 2.75) is 20.0 Å². The molecule has 0 fully saturated rings. The molecular formula is C9H9F3O3. The summed E-state index contributed by atoms with van der Waals surface area (Å²) in [5.41, 5.74) is 0. The second kappa shape index (κ2) is 4.86. The van der Waals surface area contributed by atoms with E-state index in [1.165, 1.54) is 0 Å². The van der Waals surface area contributed by atoms with Gasteiger partial charge >= 0.3 is 6.18 Å². The molecule has 0 aromatic carbocycles. The predicted molar refractivity (Wildman–Crippen MR) is 45.1 cm³/mol. The number of ketones is 3. The van der Waals surface area contributed by atoms with Gasteiger partial charge in [-0.3, -0.25) is 14.4 Å². The first-order chi connectivity index (χ1) is 6.66. The average molecular weight is 222 g/mol. The lowest BCUT2D eigenvalue weighted by Crippen LogP contribution is -2.22. The Morgan fingerprint density at radius 3 is 1.73 bits per heavy atom. The van der Waals surface area contributed by atoms with Crippen LogP contribution in [0.4, 0.5) is 13.2 Å². The summed E-state index contributed by atoms with van der Waals surface area (Å²) in [6.07, 6.45) is -4.11. The van der Waals surface area contributed by atoms with Gasteiger partial charge in [-0.2, -0.15) is 13.2 Å². The Hall–Kier alpha value is -1.46. The predicted octanol–water partition coefficient (Wildman–Crippen LogP) is 1.47. The van der Waals surface area contributed by atoms with Crippen molar-refractivity contribution in [3.05, 3.63) is 12.2 Å². The maximum atomic E-state index is 11.7. The summed E-state index contributed by atoms with van der Waals surface area (Å²) in [5.74, 6) is -4.58. The van der Waals surface area contributed by atoms with Crippen LogP contribution in [0.5, 0.6) is 0 Å². The van der Waals surface area contributed by atoms with Gasteiger partial charge in [-0.1, -0.05) is 6.08 Å². The highest BCUT2D eigenvalue weighted by Gasteiger charge is 2.36. The minimum absolute atomic E-state index is 0.202. The van der Waals surface area contributed by atoms with Crippen molar-refractivity contribution in [1.82, 2.24) is 0 Å². The lowest BCUT2D eigenvalue weighted by molar-refractivity contribution is -0.165. The van der Waals surface area contributed by atoms with Gasteiger partial charge in [0.25, 0.3) is 5.78 Å². The normalized spacial score (nSPS) is 12.1. The topological polar surface area (TPSA) is 51.2 Å². The molecule has 6 heteroatoms. The summed E-state index contributed by atoms with van der Waals surface area (Å²) in [5, 5.41) is 0. The second-order valence-corrected chi connectivity index (χ2v) is 2.92. The zero-order chi connectivity index (χ0) is 12.2. The fourth-order valence-electron chi connectivity index (χ4n) is 0.835. The van der Waals surface area contributed by atoms with E-state index in [-0.39, 0.29) is 6.08 Å². The average Bonchev–Trinajstić information content (AvgIpc) is 2.00. The van der Waals surface area contributed by atoms with Crippen molar-refractivity contribution >= 4 is 17.3 Å². The zero-order valence-electron chi connectivity index (χ0n) is 8.09. The maximum absolute atomic E-state index is 11.7. The molecule has 0 aromatic heterocycles. The summed E-state index contributed by atoms with van der Waals surface area (Å²) in [6, 6.07) is 0. The summed E-state index contributed by atoms with van der Waals surface area (Å²) < 4.78 is 35.2. The van der Waals surface area contributed by atoms with Crippen LogP contribution in [0.2, 0.25) is 0 Å². The zero-order valence-corrected chi connectivity index (χ0v) is 8.09. The van der Waals surface area contributed by atoms with Crippen molar-refractivity contribution in [3.63, 3.8) is 0 Å². The molecule has 0 rings (SSSR count). The standard InChI is InChI=1S/C9H9F3O3/c1-5(13)7(6(2)14)3-4-8(15)9(10,11)12/h3-4,7H,1-2H3/b4-3+. The Kier molecular flexibility index (Phi) is 4.39. The van der Waals surface area contributed by atoms with Crippen molar-refractivity contribution in [1.29, 1.82) is 0 Å². The highest BCUT2D eigenvalue weighted by Crippen LogP contribution is 2.17. The van der Waals surface area contributed by atoms with Crippen molar-refractivity contribution in [2.75, 3.05) is 0 Å². The van der Waals surface area contributed by atoms with E-state index in [1.54, 1.807) is 0 Å². The molecular weight excluding hydrogens is 213 g/mol. The molecule has 0 saturated carbocycles. The van der Waals surface area contributed by atoms with Crippen LogP contribution in [0.25, 0.3) is 0 Å². The van der Waals surface area contributed by atoms with Crippen LogP contribution >= 0.6 is 0 Å². The van der Waals surface area contributed by atoms with Crippen LogP contribution < -0.4 is 0 Å². The first-order valence-corrected chi connectivity index (χ1v) is 3.96. The van der Waals surface area contributed by atoms with E-state index in [2.05, 4.69) is 0 Å². The molecule has 0 atom stereocenters. The number of halogens is 3. The molecule has 0 radical (unpaired) electrons. The number of hydrogen-bond acceptors (Lipinski definition) is 3. The highest BCUT2D eigenvalue weighted by atomic mass is 19.4. The van der Waals surface area contributed by atoms with E-state index in [1.807, 2.05) is 0 Å². The Morgan fingerprint density at radius 2 is 1.47 bits per heavy atom. The quantitative estimate of drug-likeness (QED) is 0.534. The fourth-order valence-corrected chi connectivity index (χ4v) is 0.835. The molecule has 15 heavy (non-hydrogen) atoms. The smallest absolute Gasteiger partial charge is 0.299 e. The minimum Gasteiger partial charge on any atom is -0.299 e. The van der Waals surface area contributed by atoms with Gasteiger partial charge in [0.1, 0.15) is 11.6 Å². The van der Waals surface area contributed by atoms with Gasteiger partial charge in [-0.25, -0.2) is 0 Å². The van der Waals surface area contributed by atoms with Crippen LogP contribution in [0.1, 0.15) is 13.8 Å². The molecule has 84 valence electrons. The monoisotopic (exact) mass is 222 g/mol. The van der Waals surface area contributed by atoms with Gasteiger partial charge in [0.05, 0.1) is 5.92 Å². The van der Waals surface area contributed by atoms with Gasteiger partial charge in [0.2, 0.25) is 0 Å². The van der Waals surface area contributed by atoms with Crippen LogP contribution in [-0.2, 0) is 14.4 Å². The minimum atomic E-state index is -4.98. The van der Waals surface area contributed by atoms with Gasteiger partial charge in [-0.15, -0.1) is 0 Å². The maximum Gasteiger partial charge on any atom is 0.454 e. The molecule has 0 spiro atoms. The number of rotatable bonds is 4. The molecule has 0 saturated heterocycles. The number of Topliss-reactive ketones (excluding diaryl/α,β-unsaturated/α-hetero) is 2. The van der Waals surface area contributed by atoms with Gasteiger partial charge in [-0.05, 0) is 19.9 Å². The summed E-state index contributed by atoms with van der Waals surface area (Å²) in [4.78, 5) is 31.9. The molecule has 0 N–H and O–H groups in total. The third-order valence-electron chi connectivity index (χ3n) is 1.60. The molecule has 0 amide bonds. The van der Waals surface area contributed by atoms with Crippen molar-refractivity contribution in [3.8, 4) is 0 Å². The Bertz CT molecular complexity index is 301. The fraction of sp³-hybridized carbons (Fsp3) is 0.444. The van der Waals surface area contributed by atoms with Gasteiger partial charge in [0.15, 0.2) is 0 Å². The highest BCUT2D eigenvalue weighted by molar-refractivity contribution is 6.03. The Morgan fingerprint density at radius 1 is 1.07 bits per heavy atom. The molecule has 0 aliphatic carbocycles.